The predicted molar refractivity (Wildman–Crippen MR) is 69.2 cm³/mol. The summed E-state index contributed by atoms with van der Waals surface area (Å²) in [5.41, 5.74) is 11.7. The molecule has 0 radical (unpaired) electrons. The Morgan fingerprint density at radius 3 is 2.56 bits per heavy atom. The van der Waals surface area contributed by atoms with E-state index in [9.17, 15) is 9.59 Å². The molecule has 0 aliphatic carbocycles. The van der Waals surface area contributed by atoms with Crippen LogP contribution in [0, 0.1) is 0 Å². The number of ether oxygens (including phenoxy) is 1. The number of anilines is 2. The normalized spacial score (nSPS) is 11.7. The molecular formula is C11H14ClN3O3. The van der Waals surface area contributed by atoms with E-state index < -0.39 is 17.9 Å². The Morgan fingerprint density at radius 2 is 2.00 bits per heavy atom. The molecule has 98 valence electrons. The number of halogens is 1. The van der Waals surface area contributed by atoms with Crippen molar-refractivity contribution in [2.75, 3.05) is 18.6 Å². The molecule has 1 aromatic rings. The summed E-state index contributed by atoms with van der Waals surface area (Å²) in [6, 6.07) is 2.03. The standard InChI is InChI=1S/C11H14ClN3O3/c1-5(11(17)18-2)15-10(16)7-3-6(12)4-8(13)9(7)14/h3-5H,13-14H2,1-2H3,(H,15,16). The molecule has 0 saturated heterocycles. The molecule has 0 aliphatic heterocycles. The fourth-order valence-corrected chi connectivity index (χ4v) is 1.56. The molecule has 1 aromatic carbocycles. The summed E-state index contributed by atoms with van der Waals surface area (Å²) < 4.78 is 4.49. The molecule has 1 atom stereocenters. The van der Waals surface area contributed by atoms with Crippen molar-refractivity contribution < 1.29 is 14.3 Å². The monoisotopic (exact) mass is 271 g/mol. The van der Waals surface area contributed by atoms with Gasteiger partial charge in [-0.05, 0) is 19.1 Å². The summed E-state index contributed by atoms with van der Waals surface area (Å²) in [7, 11) is 1.23. The van der Waals surface area contributed by atoms with Crippen LogP contribution in [-0.2, 0) is 9.53 Å². The Kier molecular flexibility index (Phi) is 4.38. The first-order valence-electron chi connectivity index (χ1n) is 5.10. The van der Waals surface area contributed by atoms with Gasteiger partial charge in [0.2, 0.25) is 0 Å². The molecule has 7 heteroatoms. The number of hydrogen-bond donors (Lipinski definition) is 3. The maximum atomic E-state index is 11.9. The van der Waals surface area contributed by atoms with E-state index in [1.165, 1.54) is 26.2 Å². The van der Waals surface area contributed by atoms with E-state index in [1.807, 2.05) is 0 Å². The SMILES string of the molecule is COC(=O)C(C)NC(=O)c1cc(Cl)cc(N)c1N. The average molecular weight is 272 g/mol. The molecule has 0 fully saturated rings. The van der Waals surface area contributed by atoms with E-state index in [-0.39, 0.29) is 22.0 Å². The maximum Gasteiger partial charge on any atom is 0.328 e. The summed E-state index contributed by atoms with van der Waals surface area (Å²) in [6.07, 6.45) is 0. The number of methoxy groups -OCH3 is 1. The van der Waals surface area contributed by atoms with Gasteiger partial charge in [-0.15, -0.1) is 0 Å². The summed E-state index contributed by atoms with van der Waals surface area (Å²) in [4.78, 5) is 23.1. The van der Waals surface area contributed by atoms with Crippen molar-refractivity contribution in [3.8, 4) is 0 Å². The van der Waals surface area contributed by atoms with Gasteiger partial charge in [-0.25, -0.2) is 4.79 Å². The van der Waals surface area contributed by atoms with Crippen molar-refractivity contribution >= 4 is 34.9 Å². The van der Waals surface area contributed by atoms with Crippen LogP contribution in [0.5, 0.6) is 0 Å². The van der Waals surface area contributed by atoms with Gasteiger partial charge in [0.1, 0.15) is 6.04 Å². The number of esters is 1. The van der Waals surface area contributed by atoms with Crippen molar-refractivity contribution in [3.63, 3.8) is 0 Å². The topological polar surface area (TPSA) is 107 Å². The Labute approximate surface area is 109 Å². The molecular weight excluding hydrogens is 258 g/mol. The summed E-state index contributed by atoms with van der Waals surface area (Å²) >= 11 is 5.79. The minimum absolute atomic E-state index is 0.119. The van der Waals surface area contributed by atoms with E-state index in [0.717, 1.165) is 0 Å². The second-order valence-electron chi connectivity index (χ2n) is 3.67. The van der Waals surface area contributed by atoms with E-state index in [0.29, 0.717) is 0 Å². The third-order valence-electron chi connectivity index (χ3n) is 2.32. The lowest BCUT2D eigenvalue weighted by molar-refractivity contribution is -0.142. The van der Waals surface area contributed by atoms with Gasteiger partial charge in [-0.2, -0.15) is 0 Å². The molecule has 0 aliphatic rings. The number of hydrogen-bond acceptors (Lipinski definition) is 5. The van der Waals surface area contributed by atoms with Crippen molar-refractivity contribution in [2.24, 2.45) is 0 Å². The van der Waals surface area contributed by atoms with Crippen molar-refractivity contribution in [3.05, 3.63) is 22.7 Å². The lowest BCUT2D eigenvalue weighted by Gasteiger charge is -2.13. The fraction of sp³-hybridized carbons (Fsp3) is 0.273. The highest BCUT2D eigenvalue weighted by Crippen LogP contribution is 2.25. The number of carbonyl (C=O) groups excluding carboxylic acids is 2. The number of nitrogens with one attached hydrogen (secondary N) is 1. The first-order chi connectivity index (χ1) is 8.36. The zero-order valence-electron chi connectivity index (χ0n) is 9.99. The van der Waals surface area contributed by atoms with Gasteiger partial charge in [-0.1, -0.05) is 11.6 Å². The van der Waals surface area contributed by atoms with Crippen LogP contribution < -0.4 is 16.8 Å². The van der Waals surface area contributed by atoms with Crippen LogP contribution in [0.1, 0.15) is 17.3 Å². The lowest BCUT2D eigenvalue weighted by Crippen LogP contribution is -2.39. The van der Waals surface area contributed by atoms with Gasteiger partial charge in [0.15, 0.2) is 0 Å². The molecule has 6 nitrogen and oxygen atoms in total. The zero-order chi connectivity index (χ0) is 13.9. The highest BCUT2D eigenvalue weighted by Gasteiger charge is 2.19. The van der Waals surface area contributed by atoms with Crippen LogP contribution in [0.4, 0.5) is 11.4 Å². The minimum Gasteiger partial charge on any atom is -0.467 e. The van der Waals surface area contributed by atoms with Gasteiger partial charge < -0.3 is 21.5 Å². The quantitative estimate of drug-likeness (QED) is 0.557. The third-order valence-corrected chi connectivity index (χ3v) is 2.54. The van der Waals surface area contributed by atoms with E-state index in [1.54, 1.807) is 0 Å². The summed E-state index contributed by atoms with van der Waals surface area (Å²) in [5, 5.41) is 2.72. The van der Waals surface area contributed by atoms with Crippen LogP contribution in [-0.4, -0.2) is 25.0 Å². The number of nitrogens with two attached hydrogens (primary N) is 2. The van der Waals surface area contributed by atoms with Crippen molar-refractivity contribution in [1.82, 2.24) is 5.32 Å². The summed E-state index contributed by atoms with van der Waals surface area (Å²) in [5.74, 6) is -1.10. The third kappa shape index (κ3) is 3.04. The Morgan fingerprint density at radius 1 is 1.39 bits per heavy atom. The Hall–Kier alpha value is -1.95. The van der Waals surface area contributed by atoms with Gasteiger partial charge in [0.25, 0.3) is 5.91 Å². The molecule has 1 rings (SSSR count). The van der Waals surface area contributed by atoms with Crippen LogP contribution in [0.25, 0.3) is 0 Å². The Bertz CT molecular complexity index is 491. The van der Waals surface area contributed by atoms with E-state index in [2.05, 4.69) is 10.1 Å². The van der Waals surface area contributed by atoms with Crippen LogP contribution in [0.15, 0.2) is 12.1 Å². The Balaban J connectivity index is 2.95. The number of nitrogen functional groups attached to an aromatic ring is 2. The molecule has 0 heterocycles. The molecule has 0 spiro atoms. The van der Waals surface area contributed by atoms with Crippen molar-refractivity contribution in [2.45, 2.75) is 13.0 Å². The number of carbonyl (C=O) groups is 2. The van der Waals surface area contributed by atoms with Crippen LogP contribution >= 0.6 is 11.6 Å². The van der Waals surface area contributed by atoms with Crippen LogP contribution in [0.2, 0.25) is 5.02 Å². The number of benzene rings is 1. The first-order valence-corrected chi connectivity index (χ1v) is 5.47. The van der Waals surface area contributed by atoms with Gasteiger partial charge in [0.05, 0.1) is 24.0 Å². The number of amides is 1. The largest absolute Gasteiger partial charge is 0.467 e. The first kappa shape index (κ1) is 14.1. The van der Waals surface area contributed by atoms with Crippen LogP contribution in [0.3, 0.4) is 0 Å². The summed E-state index contributed by atoms with van der Waals surface area (Å²) in [6.45, 7) is 1.49. The van der Waals surface area contributed by atoms with E-state index >= 15 is 0 Å². The predicted octanol–water partition coefficient (Wildman–Crippen LogP) is 0.796. The second kappa shape index (κ2) is 5.59. The molecule has 0 bridgehead atoms. The highest BCUT2D eigenvalue weighted by molar-refractivity contribution is 6.31. The minimum atomic E-state index is -0.790. The second-order valence-corrected chi connectivity index (χ2v) is 4.11. The molecule has 0 saturated carbocycles. The van der Waals surface area contributed by atoms with Gasteiger partial charge >= 0.3 is 5.97 Å². The van der Waals surface area contributed by atoms with E-state index in [4.69, 9.17) is 23.1 Å². The molecule has 1 unspecified atom stereocenters. The highest BCUT2D eigenvalue weighted by atomic mass is 35.5. The van der Waals surface area contributed by atoms with Crippen molar-refractivity contribution in [1.29, 1.82) is 0 Å². The molecule has 18 heavy (non-hydrogen) atoms. The van der Waals surface area contributed by atoms with Gasteiger partial charge in [0, 0.05) is 5.02 Å². The molecule has 5 N–H and O–H groups in total. The number of rotatable bonds is 3. The maximum absolute atomic E-state index is 11.9. The zero-order valence-corrected chi connectivity index (χ0v) is 10.7. The smallest absolute Gasteiger partial charge is 0.328 e. The average Bonchev–Trinajstić information content (AvgIpc) is 2.32. The van der Waals surface area contributed by atoms with Gasteiger partial charge in [-0.3, -0.25) is 4.79 Å². The molecule has 0 aromatic heterocycles. The fourth-order valence-electron chi connectivity index (χ4n) is 1.34. The molecule has 1 amide bonds. The lowest BCUT2D eigenvalue weighted by atomic mass is 10.1.